The van der Waals surface area contributed by atoms with Crippen LogP contribution in [0.3, 0.4) is 0 Å². The van der Waals surface area contributed by atoms with Crippen molar-refractivity contribution < 1.29 is 0 Å². The van der Waals surface area contributed by atoms with Gasteiger partial charge in [-0.15, -0.1) is 29.8 Å². The van der Waals surface area contributed by atoms with Gasteiger partial charge in [-0.2, -0.15) is 0 Å². The van der Waals surface area contributed by atoms with Crippen LogP contribution in [0.5, 0.6) is 0 Å². The Hall–Kier alpha value is 0.320. The van der Waals surface area contributed by atoms with Crippen molar-refractivity contribution in [1.82, 2.24) is 0 Å². The summed E-state index contributed by atoms with van der Waals surface area (Å²) in [5.41, 5.74) is 0. The third kappa shape index (κ3) is 5.91. The second-order valence-electron chi connectivity index (χ2n) is 3.87. The Labute approximate surface area is 85.9 Å². The summed E-state index contributed by atoms with van der Waals surface area (Å²) >= 11 is 12.1. The van der Waals surface area contributed by atoms with Gasteiger partial charge in [-0.3, -0.25) is 0 Å². The molecule has 0 N–H and O–H groups in total. The van der Waals surface area contributed by atoms with E-state index in [2.05, 4.69) is 13.5 Å². The van der Waals surface area contributed by atoms with Crippen molar-refractivity contribution in [3.05, 3.63) is 12.7 Å². The lowest BCUT2D eigenvalue weighted by Gasteiger charge is -2.19. The van der Waals surface area contributed by atoms with Crippen molar-refractivity contribution in [3.63, 3.8) is 0 Å². The number of allylic oxidation sites excluding steroid dienone is 1. The molecule has 0 aliphatic heterocycles. The van der Waals surface area contributed by atoms with E-state index in [-0.39, 0.29) is 10.3 Å². The van der Waals surface area contributed by atoms with Crippen LogP contribution in [-0.2, 0) is 0 Å². The Bertz CT molecular complexity index is 135. The SMILES string of the molecule is C=CC(C)C(Cl)CCC(C)(C)Cl. The molecule has 0 amide bonds. The molecule has 0 saturated heterocycles. The van der Waals surface area contributed by atoms with Gasteiger partial charge in [0.1, 0.15) is 0 Å². The predicted molar refractivity (Wildman–Crippen MR) is 58.2 cm³/mol. The Morgan fingerprint density at radius 2 is 2.00 bits per heavy atom. The zero-order valence-electron chi connectivity index (χ0n) is 8.11. The van der Waals surface area contributed by atoms with Crippen LogP contribution < -0.4 is 0 Å². The quantitative estimate of drug-likeness (QED) is 0.470. The van der Waals surface area contributed by atoms with Crippen LogP contribution in [0.15, 0.2) is 12.7 Å². The van der Waals surface area contributed by atoms with E-state index in [1.165, 1.54) is 0 Å². The highest BCUT2D eigenvalue weighted by atomic mass is 35.5. The first-order valence-electron chi connectivity index (χ1n) is 4.32. The first-order chi connectivity index (χ1) is 5.37. The smallest absolute Gasteiger partial charge is 0.0396 e. The molecule has 0 saturated carbocycles. The third-order valence-electron chi connectivity index (χ3n) is 1.96. The molecule has 0 aliphatic rings. The highest BCUT2D eigenvalue weighted by Gasteiger charge is 2.17. The van der Waals surface area contributed by atoms with Gasteiger partial charge in [0.25, 0.3) is 0 Å². The highest BCUT2D eigenvalue weighted by Crippen LogP contribution is 2.25. The van der Waals surface area contributed by atoms with Crippen LogP contribution in [0.1, 0.15) is 33.6 Å². The second kappa shape index (κ2) is 5.14. The van der Waals surface area contributed by atoms with E-state index in [4.69, 9.17) is 23.2 Å². The monoisotopic (exact) mass is 208 g/mol. The van der Waals surface area contributed by atoms with Gasteiger partial charge in [0.2, 0.25) is 0 Å². The maximum absolute atomic E-state index is 6.11. The van der Waals surface area contributed by atoms with Gasteiger partial charge in [0, 0.05) is 10.3 Å². The lowest BCUT2D eigenvalue weighted by Crippen LogP contribution is -2.16. The number of hydrogen-bond acceptors (Lipinski definition) is 0. The zero-order valence-corrected chi connectivity index (χ0v) is 9.62. The minimum absolute atomic E-state index is 0.131. The maximum atomic E-state index is 6.11. The molecular weight excluding hydrogens is 191 g/mol. The molecule has 0 bridgehead atoms. The Morgan fingerprint density at radius 3 is 2.33 bits per heavy atom. The lowest BCUT2D eigenvalue weighted by atomic mass is 9.99. The predicted octanol–water partition coefficient (Wildman–Crippen LogP) is 4.21. The van der Waals surface area contributed by atoms with Crippen molar-refractivity contribution >= 4 is 23.2 Å². The summed E-state index contributed by atoms with van der Waals surface area (Å²) in [6, 6.07) is 0. The average Bonchev–Trinajstić information content (AvgIpc) is 1.97. The summed E-state index contributed by atoms with van der Waals surface area (Å²) in [5.74, 6) is 0.366. The first-order valence-corrected chi connectivity index (χ1v) is 5.14. The minimum atomic E-state index is -0.131. The van der Waals surface area contributed by atoms with Crippen LogP contribution in [0, 0.1) is 5.92 Å². The van der Waals surface area contributed by atoms with Crippen molar-refractivity contribution in [2.75, 3.05) is 0 Å². The van der Waals surface area contributed by atoms with Gasteiger partial charge in [-0.1, -0.05) is 13.0 Å². The van der Waals surface area contributed by atoms with Crippen LogP contribution in [0.4, 0.5) is 0 Å². The molecule has 2 heteroatoms. The molecule has 12 heavy (non-hydrogen) atoms. The van der Waals surface area contributed by atoms with Crippen LogP contribution in [-0.4, -0.2) is 10.3 Å². The topological polar surface area (TPSA) is 0 Å². The molecule has 0 rings (SSSR count). The molecule has 72 valence electrons. The molecule has 2 unspecified atom stereocenters. The largest absolute Gasteiger partial charge is 0.122 e. The molecule has 0 aromatic heterocycles. The average molecular weight is 209 g/mol. The number of halogens is 2. The highest BCUT2D eigenvalue weighted by molar-refractivity contribution is 6.23. The molecule has 0 radical (unpaired) electrons. The summed E-state index contributed by atoms with van der Waals surface area (Å²) in [6.45, 7) is 9.81. The van der Waals surface area contributed by atoms with E-state index < -0.39 is 0 Å². The van der Waals surface area contributed by atoms with E-state index >= 15 is 0 Å². The molecule has 0 aromatic rings. The van der Waals surface area contributed by atoms with Crippen LogP contribution in [0.25, 0.3) is 0 Å². The molecular formula is C10H18Cl2. The molecule has 0 fully saturated rings. The van der Waals surface area contributed by atoms with Crippen molar-refractivity contribution in [3.8, 4) is 0 Å². The molecule has 2 atom stereocenters. The zero-order chi connectivity index (χ0) is 9.78. The van der Waals surface area contributed by atoms with E-state index in [1.807, 2.05) is 19.9 Å². The fraction of sp³-hybridized carbons (Fsp3) is 0.800. The Kier molecular flexibility index (Phi) is 5.27. The van der Waals surface area contributed by atoms with Gasteiger partial charge in [-0.25, -0.2) is 0 Å². The Balaban J connectivity index is 3.71. The van der Waals surface area contributed by atoms with Gasteiger partial charge >= 0.3 is 0 Å². The lowest BCUT2D eigenvalue weighted by molar-refractivity contribution is 0.530. The van der Waals surface area contributed by atoms with Gasteiger partial charge < -0.3 is 0 Å². The Morgan fingerprint density at radius 1 is 1.50 bits per heavy atom. The molecule has 0 aliphatic carbocycles. The van der Waals surface area contributed by atoms with Gasteiger partial charge in [-0.05, 0) is 32.6 Å². The number of rotatable bonds is 5. The summed E-state index contributed by atoms with van der Waals surface area (Å²) in [5, 5.41) is 0.167. The normalized spacial score (nSPS) is 17.1. The van der Waals surface area contributed by atoms with Crippen LogP contribution in [0.2, 0.25) is 0 Å². The minimum Gasteiger partial charge on any atom is -0.122 e. The number of alkyl halides is 2. The molecule has 0 spiro atoms. The standard InChI is InChI=1S/C10H18Cl2/c1-5-8(2)9(11)6-7-10(3,4)12/h5,8-9H,1,6-7H2,2-4H3. The first kappa shape index (κ1) is 12.3. The fourth-order valence-electron chi connectivity index (χ4n) is 0.892. The van der Waals surface area contributed by atoms with E-state index in [1.54, 1.807) is 0 Å². The van der Waals surface area contributed by atoms with Crippen molar-refractivity contribution in [2.45, 2.75) is 43.9 Å². The van der Waals surface area contributed by atoms with Crippen LogP contribution >= 0.6 is 23.2 Å². The summed E-state index contributed by atoms with van der Waals surface area (Å²) in [4.78, 5) is -0.131. The fourth-order valence-corrected chi connectivity index (χ4v) is 1.21. The third-order valence-corrected chi connectivity index (χ3v) is 2.76. The second-order valence-corrected chi connectivity index (χ2v) is 5.45. The maximum Gasteiger partial charge on any atom is 0.0396 e. The summed E-state index contributed by atoms with van der Waals surface area (Å²) in [7, 11) is 0. The van der Waals surface area contributed by atoms with E-state index in [0.29, 0.717) is 5.92 Å². The van der Waals surface area contributed by atoms with E-state index in [9.17, 15) is 0 Å². The van der Waals surface area contributed by atoms with E-state index in [0.717, 1.165) is 12.8 Å². The summed E-state index contributed by atoms with van der Waals surface area (Å²) < 4.78 is 0. The molecule has 0 nitrogen and oxygen atoms in total. The van der Waals surface area contributed by atoms with Gasteiger partial charge in [0.05, 0.1) is 0 Å². The summed E-state index contributed by atoms with van der Waals surface area (Å²) in [6.07, 6.45) is 3.78. The van der Waals surface area contributed by atoms with Crippen molar-refractivity contribution in [1.29, 1.82) is 0 Å². The molecule has 0 aromatic carbocycles. The number of hydrogen-bond donors (Lipinski definition) is 0. The van der Waals surface area contributed by atoms with Crippen molar-refractivity contribution in [2.24, 2.45) is 5.92 Å². The molecule has 0 heterocycles. The van der Waals surface area contributed by atoms with Gasteiger partial charge in [0.15, 0.2) is 0 Å².